The summed E-state index contributed by atoms with van der Waals surface area (Å²) in [5.74, 6) is -0.412. The van der Waals surface area contributed by atoms with Gasteiger partial charge in [0.05, 0.1) is 29.9 Å². The van der Waals surface area contributed by atoms with Gasteiger partial charge < -0.3 is 16.0 Å². The molecule has 0 spiro atoms. The van der Waals surface area contributed by atoms with E-state index < -0.39 is 5.82 Å². The first-order chi connectivity index (χ1) is 7.27. The predicted octanol–water partition coefficient (Wildman–Crippen LogP) is 1.74. The van der Waals surface area contributed by atoms with Gasteiger partial charge in [-0.15, -0.1) is 0 Å². The zero-order valence-corrected chi connectivity index (χ0v) is 8.00. The lowest BCUT2D eigenvalue weighted by Gasteiger charge is -2.08. The SMILES string of the molecule is Nc1c(F)cccc1NCc1cnc[nH]1. The molecule has 0 bridgehead atoms. The molecule has 4 nitrogen and oxygen atoms in total. The molecule has 0 atom stereocenters. The second-order valence-corrected chi connectivity index (χ2v) is 3.13. The second kappa shape index (κ2) is 4.00. The van der Waals surface area contributed by atoms with Crippen LogP contribution in [0.2, 0.25) is 0 Å². The van der Waals surface area contributed by atoms with E-state index in [4.69, 9.17) is 5.73 Å². The second-order valence-electron chi connectivity index (χ2n) is 3.13. The fourth-order valence-corrected chi connectivity index (χ4v) is 1.26. The third kappa shape index (κ3) is 2.07. The first kappa shape index (κ1) is 9.51. The molecule has 0 amide bonds. The minimum Gasteiger partial charge on any atom is -0.395 e. The van der Waals surface area contributed by atoms with Gasteiger partial charge in [0, 0.05) is 6.20 Å². The van der Waals surface area contributed by atoms with Crippen LogP contribution in [0.5, 0.6) is 0 Å². The molecule has 1 aromatic carbocycles. The molecule has 15 heavy (non-hydrogen) atoms. The molecular weight excluding hydrogens is 195 g/mol. The van der Waals surface area contributed by atoms with E-state index in [9.17, 15) is 4.39 Å². The lowest BCUT2D eigenvalue weighted by Crippen LogP contribution is -2.03. The van der Waals surface area contributed by atoms with Crippen LogP contribution in [0.15, 0.2) is 30.7 Å². The summed E-state index contributed by atoms with van der Waals surface area (Å²) in [5.41, 5.74) is 7.20. The Morgan fingerprint density at radius 1 is 1.47 bits per heavy atom. The molecule has 2 aromatic rings. The number of hydrogen-bond donors (Lipinski definition) is 3. The summed E-state index contributed by atoms with van der Waals surface area (Å²) in [6.45, 7) is 0.535. The maximum atomic E-state index is 13.1. The lowest BCUT2D eigenvalue weighted by atomic mass is 10.2. The fraction of sp³-hybridized carbons (Fsp3) is 0.100. The number of nitrogens with two attached hydrogens (primary N) is 1. The van der Waals surface area contributed by atoms with Gasteiger partial charge in [0.25, 0.3) is 0 Å². The number of anilines is 2. The van der Waals surface area contributed by atoms with Crippen LogP contribution in [0, 0.1) is 5.82 Å². The van der Waals surface area contributed by atoms with E-state index in [1.807, 2.05) is 0 Å². The summed E-state index contributed by atoms with van der Waals surface area (Å²) in [4.78, 5) is 6.81. The van der Waals surface area contributed by atoms with Crippen molar-refractivity contribution in [3.05, 3.63) is 42.2 Å². The highest BCUT2D eigenvalue weighted by molar-refractivity contribution is 5.66. The Kier molecular flexibility index (Phi) is 2.53. The number of aromatic amines is 1. The van der Waals surface area contributed by atoms with Gasteiger partial charge in [-0.2, -0.15) is 0 Å². The molecule has 78 valence electrons. The molecule has 1 heterocycles. The van der Waals surface area contributed by atoms with E-state index in [1.54, 1.807) is 24.7 Å². The normalized spacial score (nSPS) is 10.2. The van der Waals surface area contributed by atoms with Gasteiger partial charge in [-0.05, 0) is 12.1 Å². The lowest BCUT2D eigenvalue weighted by molar-refractivity contribution is 0.633. The van der Waals surface area contributed by atoms with Gasteiger partial charge in [0.1, 0.15) is 5.82 Å². The van der Waals surface area contributed by atoms with Gasteiger partial charge in [-0.25, -0.2) is 9.37 Å². The summed E-state index contributed by atoms with van der Waals surface area (Å²) in [7, 11) is 0. The highest BCUT2D eigenvalue weighted by atomic mass is 19.1. The first-order valence-electron chi connectivity index (χ1n) is 4.52. The van der Waals surface area contributed by atoms with E-state index in [-0.39, 0.29) is 5.69 Å². The third-order valence-electron chi connectivity index (χ3n) is 2.08. The average molecular weight is 206 g/mol. The van der Waals surface area contributed by atoms with Gasteiger partial charge >= 0.3 is 0 Å². The van der Waals surface area contributed by atoms with Crippen molar-refractivity contribution in [2.45, 2.75) is 6.54 Å². The van der Waals surface area contributed by atoms with E-state index >= 15 is 0 Å². The van der Waals surface area contributed by atoms with Gasteiger partial charge in [0.15, 0.2) is 0 Å². The highest BCUT2D eigenvalue weighted by Crippen LogP contribution is 2.21. The Bertz CT molecular complexity index is 439. The Morgan fingerprint density at radius 2 is 2.33 bits per heavy atom. The maximum Gasteiger partial charge on any atom is 0.148 e. The molecule has 1 aromatic heterocycles. The number of nitrogen functional groups attached to an aromatic ring is 1. The van der Waals surface area contributed by atoms with E-state index in [0.717, 1.165) is 5.69 Å². The summed E-state index contributed by atoms with van der Waals surface area (Å²) >= 11 is 0. The summed E-state index contributed by atoms with van der Waals surface area (Å²) in [6.07, 6.45) is 3.29. The van der Waals surface area contributed by atoms with Gasteiger partial charge in [-0.1, -0.05) is 6.07 Å². The standard InChI is InChI=1S/C10H11FN4/c11-8-2-1-3-9(10(8)12)14-5-7-4-13-6-15-7/h1-4,6,14H,5,12H2,(H,13,15). The van der Waals surface area contributed by atoms with Crippen molar-refractivity contribution in [3.63, 3.8) is 0 Å². The zero-order chi connectivity index (χ0) is 10.7. The van der Waals surface area contributed by atoms with Crippen LogP contribution >= 0.6 is 0 Å². The minimum atomic E-state index is -0.412. The van der Waals surface area contributed by atoms with Crippen LogP contribution in [-0.4, -0.2) is 9.97 Å². The van der Waals surface area contributed by atoms with Crippen molar-refractivity contribution in [1.29, 1.82) is 0 Å². The van der Waals surface area contributed by atoms with Crippen molar-refractivity contribution in [3.8, 4) is 0 Å². The van der Waals surface area contributed by atoms with Gasteiger partial charge in [-0.3, -0.25) is 0 Å². The molecule has 0 radical (unpaired) electrons. The summed E-state index contributed by atoms with van der Waals surface area (Å²) in [5, 5.41) is 3.02. The Morgan fingerprint density at radius 3 is 3.07 bits per heavy atom. The first-order valence-corrected chi connectivity index (χ1v) is 4.52. The molecule has 0 unspecified atom stereocenters. The molecule has 0 aliphatic rings. The number of aromatic nitrogens is 2. The Balaban J connectivity index is 2.08. The molecule has 0 saturated carbocycles. The molecule has 0 aliphatic heterocycles. The van der Waals surface area contributed by atoms with Crippen molar-refractivity contribution in [1.82, 2.24) is 9.97 Å². The molecule has 0 fully saturated rings. The van der Waals surface area contributed by atoms with Crippen LogP contribution in [0.4, 0.5) is 15.8 Å². The Hall–Kier alpha value is -2.04. The van der Waals surface area contributed by atoms with Crippen molar-refractivity contribution >= 4 is 11.4 Å². The van der Waals surface area contributed by atoms with Crippen LogP contribution in [0.25, 0.3) is 0 Å². The molecule has 2 rings (SSSR count). The number of H-pyrrole nitrogens is 1. The average Bonchev–Trinajstić information content (AvgIpc) is 2.73. The van der Waals surface area contributed by atoms with Crippen molar-refractivity contribution < 1.29 is 4.39 Å². The topological polar surface area (TPSA) is 66.7 Å². The third-order valence-corrected chi connectivity index (χ3v) is 2.08. The van der Waals surface area contributed by atoms with E-state index in [1.165, 1.54) is 6.07 Å². The number of nitrogens with zero attached hydrogens (tertiary/aromatic N) is 1. The van der Waals surface area contributed by atoms with Crippen LogP contribution in [0.1, 0.15) is 5.69 Å². The smallest absolute Gasteiger partial charge is 0.148 e. The van der Waals surface area contributed by atoms with Crippen LogP contribution in [0.3, 0.4) is 0 Å². The number of imidazole rings is 1. The number of nitrogens with one attached hydrogen (secondary N) is 2. The maximum absolute atomic E-state index is 13.1. The Labute approximate surface area is 86.3 Å². The highest BCUT2D eigenvalue weighted by Gasteiger charge is 2.03. The molecular formula is C10H11FN4. The van der Waals surface area contributed by atoms with Crippen LogP contribution in [-0.2, 0) is 6.54 Å². The molecule has 0 aliphatic carbocycles. The van der Waals surface area contributed by atoms with Crippen molar-refractivity contribution in [2.75, 3.05) is 11.1 Å². The van der Waals surface area contributed by atoms with Crippen LogP contribution < -0.4 is 11.1 Å². The monoisotopic (exact) mass is 206 g/mol. The van der Waals surface area contributed by atoms with Gasteiger partial charge in [0.2, 0.25) is 0 Å². The van der Waals surface area contributed by atoms with Crippen molar-refractivity contribution in [2.24, 2.45) is 0 Å². The molecule has 5 heteroatoms. The number of benzene rings is 1. The zero-order valence-electron chi connectivity index (χ0n) is 8.00. The predicted molar refractivity (Wildman–Crippen MR) is 56.7 cm³/mol. The summed E-state index contributed by atoms with van der Waals surface area (Å²) in [6, 6.07) is 4.67. The summed E-state index contributed by atoms with van der Waals surface area (Å²) < 4.78 is 13.1. The minimum absolute atomic E-state index is 0.136. The van der Waals surface area contributed by atoms with E-state index in [0.29, 0.717) is 12.2 Å². The van der Waals surface area contributed by atoms with E-state index in [2.05, 4.69) is 15.3 Å². The molecule has 4 N–H and O–H groups in total. The quantitative estimate of drug-likeness (QED) is 0.670. The number of hydrogen-bond acceptors (Lipinski definition) is 3. The fourth-order valence-electron chi connectivity index (χ4n) is 1.26. The number of halogens is 1. The largest absolute Gasteiger partial charge is 0.395 e. The number of para-hydroxylation sites is 1. The number of rotatable bonds is 3. The molecule has 0 saturated heterocycles.